The van der Waals surface area contributed by atoms with Gasteiger partial charge in [0.1, 0.15) is 6.29 Å². The minimum absolute atomic E-state index is 0.0417. The van der Waals surface area contributed by atoms with Crippen molar-refractivity contribution >= 4 is 24.1 Å². The topological polar surface area (TPSA) is 134 Å². The summed E-state index contributed by atoms with van der Waals surface area (Å²) in [5, 5.41) is 0. The quantitative estimate of drug-likeness (QED) is 0.402. The summed E-state index contributed by atoms with van der Waals surface area (Å²) in [6, 6.07) is 0. The lowest BCUT2D eigenvalue weighted by atomic mass is 10.6. The van der Waals surface area contributed by atoms with Crippen LogP contribution >= 0.6 is 0 Å². The maximum Gasteiger partial charge on any atom is 0.226 e. The van der Waals surface area contributed by atoms with Crippen molar-refractivity contribution in [2.45, 2.75) is 6.92 Å². The molecule has 0 spiro atoms. The number of rotatable bonds is 1. The molecule has 1 rings (SSSR count). The van der Waals surface area contributed by atoms with Gasteiger partial charge in [-0.2, -0.15) is 15.0 Å². The van der Waals surface area contributed by atoms with Gasteiger partial charge in [0, 0.05) is 0 Å². The van der Waals surface area contributed by atoms with E-state index in [0.29, 0.717) is 0 Å². The van der Waals surface area contributed by atoms with E-state index in [1.54, 1.807) is 13.0 Å². The summed E-state index contributed by atoms with van der Waals surface area (Å²) in [4.78, 5) is 19.8. The van der Waals surface area contributed by atoms with Gasteiger partial charge in [0.15, 0.2) is 0 Å². The van der Waals surface area contributed by atoms with Crippen LogP contribution in [0.5, 0.6) is 0 Å². The third-order valence-corrected chi connectivity index (χ3v) is 0.958. The zero-order valence-electron chi connectivity index (χ0n) is 7.71. The van der Waals surface area contributed by atoms with E-state index in [0.717, 1.165) is 6.29 Å². The van der Waals surface area contributed by atoms with Crippen molar-refractivity contribution in [1.29, 1.82) is 0 Å². The Bertz CT molecular complexity index is 273. The van der Waals surface area contributed by atoms with Crippen molar-refractivity contribution in [3.63, 3.8) is 0 Å². The van der Waals surface area contributed by atoms with Gasteiger partial charge in [-0.15, -0.1) is 0 Å². The average Bonchev–Trinajstić information content (AvgIpc) is 2.03. The highest BCUT2D eigenvalue weighted by Gasteiger charge is 1.93. The second-order valence-electron chi connectivity index (χ2n) is 2.07. The summed E-state index contributed by atoms with van der Waals surface area (Å²) in [6.07, 6.45) is 3.88. The van der Waals surface area contributed by atoms with Crippen LogP contribution in [0.2, 0.25) is 0 Å². The molecule has 14 heavy (non-hydrogen) atoms. The largest absolute Gasteiger partial charge is 0.368 e. The number of anilines is 3. The van der Waals surface area contributed by atoms with E-state index >= 15 is 0 Å². The first-order valence-electron chi connectivity index (χ1n) is 3.69. The number of carbonyl (C=O) groups is 1. The van der Waals surface area contributed by atoms with Gasteiger partial charge in [0.2, 0.25) is 17.8 Å². The highest BCUT2D eigenvalue weighted by Crippen LogP contribution is 1.97. The monoisotopic (exact) mass is 196 g/mol. The molecule has 0 aromatic carbocycles. The summed E-state index contributed by atoms with van der Waals surface area (Å²) in [5.74, 6) is 0.125. The van der Waals surface area contributed by atoms with E-state index in [1.807, 2.05) is 0 Å². The van der Waals surface area contributed by atoms with E-state index in [4.69, 9.17) is 17.2 Å². The van der Waals surface area contributed by atoms with Crippen molar-refractivity contribution in [3.05, 3.63) is 12.2 Å². The minimum Gasteiger partial charge on any atom is -0.368 e. The third kappa shape index (κ3) is 5.47. The Morgan fingerprint density at radius 3 is 1.50 bits per heavy atom. The first-order valence-corrected chi connectivity index (χ1v) is 3.69. The molecule has 7 heteroatoms. The molecule has 0 aliphatic rings. The fraction of sp³-hybridized carbons (Fsp3) is 0.143. The van der Waals surface area contributed by atoms with Gasteiger partial charge in [0.25, 0.3) is 0 Å². The molecule has 0 fully saturated rings. The first-order chi connectivity index (χ1) is 6.60. The number of hydrogen-bond donors (Lipinski definition) is 3. The molecule has 0 amide bonds. The second-order valence-corrected chi connectivity index (χ2v) is 2.07. The molecule has 0 aliphatic heterocycles. The lowest BCUT2D eigenvalue weighted by Crippen LogP contribution is -2.05. The Labute approximate surface area is 81.0 Å². The number of aromatic nitrogens is 3. The van der Waals surface area contributed by atoms with Crippen LogP contribution in [0, 0.1) is 0 Å². The lowest BCUT2D eigenvalue weighted by Gasteiger charge is -1.93. The molecule has 6 N–H and O–H groups in total. The molecule has 0 radical (unpaired) electrons. The molecule has 0 saturated carbocycles. The van der Waals surface area contributed by atoms with E-state index in [1.165, 1.54) is 6.08 Å². The van der Waals surface area contributed by atoms with Gasteiger partial charge in [0.05, 0.1) is 0 Å². The number of nitrogens with zero attached hydrogens (tertiary/aromatic N) is 3. The van der Waals surface area contributed by atoms with Crippen molar-refractivity contribution < 1.29 is 4.79 Å². The fourth-order valence-electron chi connectivity index (χ4n) is 0.506. The molecule has 7 nitrogen and oxygen atoms in total. The third-order valence-electron chi connectivity index (χ3n) is 0.958. The van der Waals surface area contributed by atoms with Crippen LogP contribution in [-0.2, 0) is 4.79 Å². The number of allylic oxidation sites excluding steroid dienone is 2. The van der Waals surface area contributed by atoms with Gasteiger partial charge in [-0.1, -0.05) is 6.08 Å². The van der Waals surface area contributed by atoms with Crippen LogP contribution in [0.1, 0.15) is 6.92 Å². The van der Waals surface area contributed by atoms with Gasteiger partial charge >= 0.3 is 0 Å². The summed E-state index contributed by atoms with van der Waals surface area (Å²) >= 11 is 0. The summed E-state index contributed by atoms with van der Waals surface area (Å²) in [5.41, 5.74) is 15.4. The predicted molar refractivity (Wildman–Crippen MR) is 53.9 cm³/mol. The highest BCUT2D eigenvalue weighted by atomic mass is 16.1. The highest BCUT2D eigenvalue weighted by molar-refractivity contribution is 5.64. The van der Waals surface area contributed by atoms with Crippen LogP contribution in [0.15, 0.2) is 12.2 Å². The number of aldehydes is 1. The smallest absolute Gasteiger partial charge is 0.226 e. The summed E-state index contributed by atoms with van der Waals surface area (Å²) in [7, 11) is 0. The van der Waals surface area contributed by atoms with Crippen LogP contribution in [0.4, 0.5) is 17.8 Å². The Balaban J connectivity index is 0.000000292. The predicted octanol–water partition coefficient (Wildman–Crippen LogP) is -0.620. The van der Waals surface area contributed by atoms with Gasteiger partial charge < -0.3 is 17.2 Å². The molecule has 0 unspecified atom stereocenters. The molecule has 1 aromatic heterocycles. The standard InChI is InChI=1S/C4H6O.C3H6N6/c1-2-3-4-5;4-1-7-2(5)9-3(6)8-1/h2-4H,1H3;(H6,4,5,6,7,8,9)/b3-2+;. The first kappa shape index (κ1) is 11.8. The molecular formula is C7H12N6O. The van der Waals surface area contributed by atoms with E-state index < -0.39 is 0 Å². The maximum atomic E-state index is 9.32. The molecular weight excluding hydrogens is 184 g/mol. The zero-order chi connectivity index (χ0) is 11.0. The number of carbonyl (C=O) groups excluding carboxylic acids is 1. The maximum absolute atomic E-state index is 9.32. The summed E-state index contributed by atoms with van der Waals surface area (Å²) in [6.45, 7) is 1.80. The van der Waals surface area contributed by atoms with Crippen molar-refractivity contribution in [3.8, 4) is 0 Å². The van der Waals surface area contributed by atoms with Crippen LogP contribution in [0.25, 0.3) is 0 Å². The molecule has 0 bridgehead atoms. The number of nitrogens with two attached hydrogens (primary N) is 3. The SMILES string of the molecule is C/C=C/C=O.Nc1nc(N)nc(N)n1. The Hall–Kier alpha value is -2.18. The fourth-order valence-corrected chi connectivity index (χ4v) is 0.506. The van der Waals surface area contributed by atoms with E-state index in [9.17, 15) is 4.79 Å². The van der Waals surface area contributed by atoms with E-state index in [2.05, 4.69) is 15.0 Å². The van der Waals surface area contributed by atoms with Crippen molar-refractivity contribution in [1.82, 2.24) is 15.0 Å². The Morgan fingerprint density at radius 1 is 1.00 bits per heavy atom. The van der Waals surface area contributed by atoms with Gasteiger partial charge in [-0.3, -0.25) is 4.79 Å². The Kier molecular flexibility index (Phi) is 5.36. The molecule has 76 valence electrons. The van der Waals surface area contributed by atoms with Crippen molar-refractivity contribution in [2.24, 2.45) is 0 Å². The molecule has 1 heterocycles. The van der Waals surface area contributed by atoms with E-state index in [-0.39, 0.29) is 17.8 Å². The van der Waals surface area contributed by atoms with Gasteiger partial charge in [-0.05, 0) is 13.0 Å². The number of nitrogen functional groups attached to an aromatic ring is 3. The van der Waals surface area contributed by atoms with Crippen LogP contribution < -0.4 is 17.2 Å². The van der Waals surface area contributed by atoms with Crippen LogP contribution in [0.3, 0.4) is 0 Å². The molecule has 0 aliphatic carbocycles. The van der Waals surface area contributed by atoms with Gasteiger partial charge in [-0.25, -0.2) is 0 Å². The lowest BCUT2D eigenvalue weighted by molar-refractivity contribution is -0.104. The zero-order valence-corrected chi connectivity index (χ0v) is 7.71. The molecule has 0 atom stereocenters. The van der Waals surface area contributed by atoms with Crippen molar-refractivity contribution in [2.75, 3.05) is 17.2 Å². The molecule has 0 saturated heterocycles. The number of hydrogen-bond acceptors (Lipinski definition) is 7. The summed E-state index contributed by atoms with van der Waals surface area (Å²) < 4.78 is 0. The van der Waals surface area contributed by atoms with Crippen LogP contribution in [-0.4, -0.2) is 21.2 Å². The minimum atomic E-state index is 0.0417. The Morgan fingerprint density at radius 2 is 1.36 bits per heavy atom. The second kappa shape index (κ2) is 6.35. The normalized spacial score (nSPS) is 9.21. The molecule has 1 aromatic rings. The average molecular weight is 196 g/mol.